The van der Waals surface area contributed by atoms with Crippen molar-refractivity contribution in [3.8, 4) is 33.8 Å². The number of ether oxygens (including phenoxy) is 1. The molecular formula is C42H33ClINO2. The standard InChI is InChI=1S/C42H33ClINO2/c1-42(2,3)30-20-21-39-38(22-30)40(27-46-39)47-35-25-32(44)24-34(26-35)45(33-17-10-16-31(43)23-33)41-36(28-12-6-4-7-13-28)18-11-19-37(41)29-14-8-5-9-15-29/h4-27H,1-3H3/i10D,16D,20D,21D,22D,23D,24D. The molecule has 3 nitrogen and oxygen atoms in total. The van der Waals surface area contributed by atoms with Crippen LogP contribution in [0.3, 0.4) is 0 Å². The molecule has 0 aliphatic rings. The summed E-state index contributed by atoms with van der Waals surface area (Å²) >= 11 is 8.66. The van der Waals surface area contributed by atoms with Crippen LogP contribution in [0.2, 0.25) is 5.02 Å². The van der Waals surface area contributed by atoms with Gasteiger partial charge in [-0.15, -0.1) is 0 Å². The molecule has 0 saturated carbocycles. The molecule has 7 rings (SSSR count). The quantitative estimate of drug-likeness (QED) is 0.152. The number of benzene rings is 6. The number of nitrogens with zero attached hydrogens (tertiary/aromatic N) is 1. The summed E-state index contributed by atoms with van der Waals surface area (Å²) in [5.74, 6) is 0.446. The fraction of sp³-hybridized carbons (Fsp3) is 0.0952. The highest BCUT2D eigenvalue weighted by molar-refractivity contribution is 14.1. The van der Waals surface area contributed by atoms with Crippen LogP contribution in [-0.2, 0) is 5.41 Å². The Morgan fingerprint density at radius 1 is 0.766 bits per heavy atom. The SMILES string of the molecule is [2H]c1cc(N(c2cc(Oc3coc4c([2H])c([2H])c(C(C)(C)C)c([2H])c34)cc(I)c2[2H])c2c(-c3ccccc3)cccc2-c2ccccc2)c([2H])c(Cl)c1[2H]. The van der Waals surface area contributed by atoms with Gasteiger partial charge in [0.2, 0.25) is 0 Å². The molecule has 0 aliphatic carbocycles. The lowest BCUT2D eigenvalue weighted by Crippen LogP contribution is -2.13. The summed E-state index contributed by atoms with van der Waals surface area (Å²) in [5.41, 5.74) is 4.23. The first-order valence-electron chi connectivity index (χ1n) is 18.5. The Labute approximate surface area is 304 Å². The van der Waals surface area contributed by atoms with Crippen LogP contribution in [0.25, 0.3) is 33.2 Å². The van der Waals surface area contributed by atoms with Gasteiger partial charge in [-0.2, -0.15) is 0 Å². The first-order chi connectivity index (χ1) is 25.7. The van der Waals surface area contributed by atoms with Crippen LogP contribution in [0.4, 0.5) is 17.1 Å². The predicted molar refractivity (Wildman–Crippen MR) is 205 cm³/mol. The van der Waals surface area contributed by atoms with Crippen LogP contribution in [0.15, 0.2) is 150 Å². The molecule has 0 saturated heterocycles. The summed E-state index contributed by atoms with van der Waals surface area (Å²) in [6.45, 7) is 5.67. The van der Waals surface area contributed by atoms with E-state index in [9.17, 15) is 2.74 Å². The average Bonchev–Trinajstić information content (AvgIpc) is 3.58. The Balaban J connectivity index is 1.53. The van der Waals surface area contributed by atoms with Gasteiger partial charge in [-0.1, -0.05) is 123 Å². The lowest BCUT2D eigenvalue weighted by Gasteiger charge is -2.31. The van der Waals surface area contributed by atoms with Gasteiger partial charge in [0, 0.05) is 31.5 Å². The van der Waals surface area contributed by atoms with E-state index in [0.717, 1.165) is 22.3 Å². The monoisotopic (exact) mass is 752 g/mol. The molecule has 0 N–H and O–H groups in total. The van der Waals surface area contributed by atoms with Crippen LogP contribution < -0.4 is 9.64 Å². The van der Waals surface area contributed by atoms with Crippen molar-refractivity contribution in [3.63, 3.8) is 0 Å². The zero-order valence-corrected chi connectivity index (χ0v) is 28.7. The van der Waals surface area contributed by atoms with Crippen molar-refractivity contribution >= 4 is 62.2 Å². The molecule has 0 aliphatic heterocycles. The van der Waals surface area contributed by atoms with Gasteiger partial charge in [-0.05, 0) is 87.0 Å². The number of anilines is 3. The Bertz CT molecular complexity index is 2520. The van der Waals surface area contributed by atoms with Crippen LogP contribution >= 0.6 is 34.2 Å². The molecule has 7 aromatic rings. The second-order valence-corrected chi connectivity index (χ2v) is 13.5. The number of rotatable bonds is 7. The largest absolute Gasteiger partial charge is 0.460 e. The van der Waals surface area contributed by atoms with E-state index in [4.69, 9.17) is 27.6 Å². The van der Waals surface area contributed by atoms with E-state index in [1.54, 1.807) is 17.0 Å². The summed E-state index contributed by atoms with van der Waals surface area (Å²) in [6.07, 6.45) is 1.32. The molecule has 0 radical (unpaired) electrons. The van der Waals surface area contributed by atoms with Crippen LogP contribution in [0, 0.1) is 3.57 Å². The molecule has 0 spiro atoms. The molecule has 5 heteroatoms. The summed E-state index contributed by atoms with van der Waals surface area (Å²) in [7, 11) is 0. The second-order valence-electron chi connectivity index (χ2n) is 12.0. The van der Waals surface area contributed by atoms with Crippen molar-refractivity contribution in [2.45, 2.75) is 26.2 Å². The zero-order chi connectivity index (χ0) is 38.6. The lowest BCUT2D eigenvalue weighted by molar-refractivity contribution is 0.472. The van der Waals surface area contributed by atoms with E-state index in [1.807, 2.05) is 99.6 Å². The Kier molecular flexibility index (Phi) is 6.54. The number of halogens is 2. The summed E-state index contributed by atoms with van der Waals surface area (Å²) < 4.78 is 75.0. The molecule has 47 heavy (non-hydrogen) atoms. The minimum atomic E-state index is -0.605. The third-order valence-electron chi connectivity index (χ3n) is 7.62. The van der Waals surface area contributed by atoms with Gasteiger partial charge in [-0.25, -0.2) is 0 Å². The van der Waals surface area contributed by atoms with Crippen molar-refractivity contribution < 1.29 is 18.7 Å². The molecule has 0 bridgehead atoms. The number of hydrogen-bond acceptors (Lipinski definition) is 3. The predicted octanol–water partition coefficient (Wildman–Crippen LogP) is 13.6. The maximum atomic E-state index is 9.48. The molecule has 6 aromatic carbocycles. The Hall–Kier alpha value is -4.52. The van der Waals surface area contributed by atoms with Crippen LogP contribution in [0.5, 0.6) is 11.5 Å². The second kappa shape index (κ2) is 12.9. The van der Waals surface area contributed by atoms with Crippen molar-refractivity contribution in [2.75, 3.05) is 4.90 Å². The van der Waals surface area contributed by atoms with Gasteiger partial charge in [0.1, 0.15) is 17.6 Å². The molecule has 0 atom stereocenters. The Morgan fingerprint density at radius 3 is 2.11 bits per heavy atom. The molecule has 0 fully saturated rings. The zero-order valence-electron chi connectivity index (χ0n) is 32.8. The first kappa shape index (κ1) is 23.7. The number of para-hydroxylation sites is 1. The highest BCUT2D eigenvalue weighted by atomic mass is 127. The highest BCUT2D eigenvalue weighted by Gasteiger charge is 2.23. The van der Waals surface area contributed by atoms with E-state index in [2.05, 4.69) is 22.6 Å². The summed E-state index contributed by atoms with van der Waals surface area (Å²) in [6, 6.07) is 29.4. The molecule has 232 valence electrons. The molecule has 1 heterocycles. The number of hydrogen-bond donors (Lipinski definition) is 0. The third kappa shape index (κ3) is 6.53. The topological polar surface area (TPSA) is 25.6 Å². The smallest absolute Gasteiger partial charge is 0.173 e. The first-order valence-corrected chi connectivity index (χ1v) is 16.4. The number of fused-ring (bicyclic) bond motifs is 1. The van der Waals surface area contributed by atoms with Gasteiger partial charge in [0.15, 0.2) is 5.75 Å². The summed E-state index contributed by atoms with van der Waals surface area (Å²) in [4.78, 5) is 1.74. The minimum Gasteiger partial charge on any atom is -0.460 e. The van der Waals surface area contributed by atoms with Crippen LogP contribution in [0.1, 0.15) is 35.9 Å². The third-order valence-corrected chi connectivity index (χ3v) is 8.39. The van der Waals surface area contributed by atoms with Crippen LogP contribution in [-0.4, -0.2) is 0 Å². The maximum absolute atomic E-state index is 9.48. The minimum absolute atomic E-state index is 0.0344. The van der Waals surface area contributed by atoms with Crippen molar-refractivity contribution in [2.24, 2.45) is 0 Å². The van der Waals surface area contributed by atoms with E-state index >= 15 is 0 Å². The summed E-state index contributed by atoms with van der Waals surface area (Å²) in [5, 5.41) is 0.0622. The molecule has 1 aromatic heterocycles. The van der Waals surface area contributed by atoms with Gasteiger partial charge in [0.05, 0.1) is 26.4 Å². The molecule has 0 amide bonds. The van der Waals surface area contributed by atoms with Gasteiger partial charge in [0.25, 0.3) is 0 Å². The lowest BCUT2D eigenvalue weighted by atomic mass is 9.86. The Morgan fingerprint density at radius 2 is 1.45 bits per heavy atom. The van der Waals surface area contributed by atoms with Crippen molar-refractivity contribution in [3.05, 3.63) is 160 Å². The van der Waals surface area contributed by atoms with E-state index < -0.39 is 5.41 Å². The number of furan rings is 1. The van der Waals surface area contributed by atoms with Gasteiger partial charge >= 0.3 is 0 Å². The fourth-order valence-electron chi connectivity index (χ4n) is 5.40. The van der Waals surface area contributed by atoms with E-state index in [0.29, 0.717) is 20.5 Å². The van der Waals surface area contributed by atoms with Gasteiger partial charge < -0.3 is 14.1 Å². The van der Waals surface area contributed by atoms with Gasteiger partial charge in [-0.3, -0.25) is 0 Å². The highest BCUT2D eigenvalue weighted by Crippen LogP contribution is 2.48. The maximum Gasteiger partial charge on any atom is 0.173 e. The normalized spacial score (nSPS) is 13.6. The molecular weight excluding hydrogens is 713 g/mol. The van der Waals surface area contributed by atoms with Crippen molar-refractivity contribution in [1.29, 1.82) is 0 Å². The van der Waals surface area contributed by atoms with E-state index in [1.165, 1.54) is 12.3 Å². The van der Waals surface area contributed by atoms with Crippen molar-refractivity contribution in [1.82, 2.24) is 0 Å². The average molecular weight is 753 g/mol. The fourth-order valence-corrected chi connectivity index (χ4v) is 6.14. The van der Waals surface area contributed by atoms with E-state index in [-0.39, 0.29) is 75.5 Å². The molecule has 0 unspecified atom stereocenters.